The van der Waals surface area contributed by atoms with Gasteiger partial charge in [-0.15, -0.1) is 0 Å². The minimum Gasteiger partial charge on any atom is -0.472 e. The predicted molar refractivity (Wildman–Crippen MR) is 85.1 cm³/mol. The molecular formula is C16H19N5O. The average Bonchev–Trinajstić information content (AvgIpc) is 3.15. The number of nitrogens with two attached hydrogens (primary N) is 2. The fourth-order valence-corrected chi connectivity index (χ4v) is 3.40. The molecule has 6 nitrogen and oxygen atoms in total. The summed E-state index contributed by atoms with van der Waals surface area (Å²) >= 11 is 0. The molecule has 3 heterocycles. The molecule has 4 rings (SSSR count). The van der Waals surface area contributed by atoms with Gasteiger partial charge >= 0.3 is 0 Å². The van der Waals surface area contributed by atoms with Crippen LogP contribution in [0.2, 0.25) is 0 Å². The fraction of sp³-hybridized carbons (Fsp3) is 0.375. The van der Waals surface area contributed by atoms with Gasteiger partial charge in [0.1, 0.15) is 17.8 Å². The number of nitrogens with zero attached hydrogens (tertiary/aromatic N) is 3. The van der Waals surface area contributed by atoms with Gasteiger partial charge < -0.3 is 20.5 Å². The zero-order valence-electron chi connectivity index (χ0n) is 12.3. The van der Waals surface area contributed by atoms with E-state index in [1.807, 2.05) is 6.07 Å². The maximum absolute atomic E-state index is 6.11. The molecule has 0 amide bonds. The summed E-state index contributed by atoms with van der Waals surface area (Å²) in [5.41, 5.74) is 15.1. The lowest BCUT2D eigenvalue weighted by Gasteiger charge is -2.27. The van der Waals surface area contributed by atoms with Gasteiger partial charge in [-0.05, 0) is 31.7 Å². The summed E-state index contributed by atoms with van der Waals surface area (Å²) < 4.78 is 7.46. The van der Waals surface area contributed by atoms with Gasteiger partial charge in [0.15, 0.2) is 0 Å². The molecule has 1 aliphatic carbocycles. The lowest BCUT2D eigenvalue weighted by molar-refractivity contribution is 0.329. The lowest BCUT2D eigenvalue weighted by atomic mass is 9.92. The highest BCUT2D eigenvalue weighted by Crippen LogP contribution is 2.37. The van der Waals surface area contributed by atoms with Crippen LogP contribution in [0.3, 0.4) is 0 Å². The van der Waals surface area contributed by atoms with E-state index in [1.165, 1.54) is 6.33 Å². The smallest absolute Gasteiger partial charge is 0.146 e. The average molecular weight is 297 g/mol. The first-order valence-electron chi connectivity index (χ1n) is 7.63. The third kappa shape index (κ3) is 2.07. The van der Waals surface area contributed by atoms with Gasteiger partial charge in [0.05, 0.1) is 17.9 Å². The van der Waals surface area contributed by atoms with Crippen LogP contribution in [0.1, 0.15) is 31.7 Å². The van der Waals surface area contributed by atoms with E-state index in [0.29, 0.717) is 17.9 Å². The monoisotopic (exact) mass is 297 g/mol. The molecule has 0 atom stereocenters. The van der Waals surface area contributed by atoms with Crippen molar-refractivity contribution in [3.05, 3.63) is 31.1 Å². The minimum atomic E-state index is 0.325. The molecule has 6 heteroatoms. The molecule has 0 unspecified atom stereocenters. The molecule has 1 aliphatic rings. The van der Waals surface area contributed by atoms with E-state index in [2.05, 4.69) is 20.7 Å². The minimum absolute atomic E-state index is 0.325. The van der Waals surface area contributed by atoms with E-state index in [4.69, 9.17) is 15.9 Å². The van der Waals surface area contributed by atoms with E-state index in [9.17, 15) is 0 Å². The summed E-state index contributed by atoms with van der Waals surface area (Å²) in [6.45, 7) is 0. The summed E-state index contributed by atoms with van der Waals surface area (Å²) in [5.74, 6) is 0.507. The van der Waals surface area contributed by atoms with Gasteiger partial charge in [0.25, 0.3) is 0 Å². The highest BCUT2D eigenvalue weighted by atomic mass is 16.3. The maximum atomic E-state index is 6.11. The Morgan fingerprint density at radius 1 is 1.18 bits per heavy atom. The van der Waals surface area contributed by atoms with Gasteiger partial charge in [0, 0.05) is 29.4 Å². The number of rotatable bonds is 2. The number of hydrogen-bond acceptors (Lipinski definition) is 5. The topological polar surface area (TPSA) is 95.9 Å². The van der Waals surface area contributed by atoms with E-state index >= 15 is 0 Å². The van der Waals surface area contributed by atoms with Crippen LogP contribution in [0.15, 0.2) is 35.5 Å². The largest absolute Gasteiger partial charge is 0.472 e. The first-order valence-corrected chi connectivity index (χ1v) is 7.63. The Labute approximate surface area is 128 Å². The van der Waals surface area contributed by atoms with E-state index in [0.717, 1.165) is 47.8 Å². The van der Waals surface area contributed by atoms with Crippen LogP contribution < -0.4 is 11.5 Å². The molecule has 114 valence electrons. The second-order valence-corrected chi connectivity index (χ2v) is 5.99. The van der Waals surface area contributed by atoms with Crippen molar-refractivity contribution in [2.24, 2.45) is 5.73 Å². The zero-order chi connectivity index (χ0) is 15.1. The van der Waals surface area contributed by atoms with Crippen molar-refractivity contribution in [2.45, 2.75) is 37.8 Å². The van der Waals surface area contributed by atoms with Gasteiger partial charge in [-0.25, -0.2) is 9.97 Å². The first-order chi connectivity index (χ1) is 10.7. The van der Waals surface area contributed by atoms with Crippen molar-refractivity contribution < 1.29 is 4.42 Å². The lowest BCUT2D eigenvalue weighted by Crippen LogP contribution is -2.27. The van der Waals surface area contributed by atoms with E-state index in [-0.39, 0.29) is 0 Å². The van der Waals surface area contributed by atoms with Crippen LogP contribution in [0.25, 0.3) is 22.2 Å². The number of hydrogen-bond donors (Lipinski definition) is 2. The van der Waals surface area contributed by atoms with Crippen molar-refractivity contribution in [3.8, 4) is 11.1 Å². The Balaban J connectivity index is 1.87. The summed E-state index contributed by atoms with van der Waals surface area (Å²) in [7, 11) is 0. The Morgan fingerprint density at radius 2 is 2.00 bits per heavy atom. The van der Waals surface area contributed by atoms with Gasteiger partial charge in [-0.2, -0.15) is 0 Å². The van der Waals surface area contributed by atoms with Crippen LogP contribution in [0.5, 0.6) is 0 Å². The molecule has 1 fully saturated rings. The van der Waals surface area contributed by atoms with Crippen LogP contribution in [-0.2, 0) is 0 Å². The van der Waals surface area contributed by atoms with E-state index in [1.54, 1.807) is 12.5 Å². The van der Waals surface area contributed by atoms with Crippen molar-refractivity contribution in [1.29, 1.82) is 0 Å². The Morgan fingerprint density at radius 3 is 2.73 bits per heavy atom. The number of aromatic nitrogens is 3. The maximum Gasteiger partial charge on any atom is 0.146 e. The summed E-state index contributed by atoms with van der Waals surface area (Å²) in [4.78, 5) is 8.63. The van der Waals surface area contributed by atoms with Crippen LogP contribution >= 0.6 is 0 Å². The Hall–Kier alpha value is -2.34. The molecule has 0 saturated heterocycles. The highest BCUT2D eigenvalue weighted by Gasteiger charge is 2.24. The standard InChI is InChI=1S/C16H19N5O/c17-11-1-3-12(4-2-11)21-7-13(10-5-6-22-8-10)14-15(18)19-9-20-16(14)21/h5-9,11-12H,1-4,17H2,(H2,18,19,20). The third-order valence-corrected chi connectivity index (χ3v) is 4.61. The van der Waals surface area contributed by atoms with Gasteiger partial charge in [0.2, 0.25) is 0 Å². The second kappa shape index (κ2) is 5.14. The number of fused-ring (bicyclic) bond motifs is 1. The third-order valence-electron chi connectivity index (χ3n) is 4.61. The Kier molecular flexibility index (Phi) is 3.11. The van der Waals surface area contributed by atoms with Crippen LogP contribution in [0, 0.1) is 0 Å². The normalized spacial score (nSPS) is 22.2. The quantitative estimate of drug-likeness (QED) is 0.758. The van der Waals surface area contributed by atoms with Crippen molar-refractivity contribution in [2.75, 3.05) is 5.73 Å². The first kappa shape index (κ1) is 13.3. The molecule has 0 bridgehead atoms. The number of anilines is 1. The van der Waals surface area contributed by atoms with E-state index < -0.39 is 0 Å². The fourth-order valence-electron chi connectivity index (χ4n) is 3.40. The number of furan rings is 1. The summed E-state index contributed by atoms with van der Waals surface area (Å²) in [6.07, 6.45) is 11.3. The van der Waals surface area contributed by atoms with Crippen LogP contribution in [-0.4, -0.2) is 20.6 Å². The zero-order valence-corrected chi connectivity index (χ0v) is 12.3. The SMILES string of the molecule is Nc1ncnc2c1c(-c1ccoc1)cn2C1CCC(N)CC1. The summed E-state index contributed by atoms with van der Waals surface area (Å²) in [5, 5.41) is 0.902. The molecule has 0 aliphatic heterocycles. The Bertz CT molecular complexity index is 784. The number of nitrogen functional groups attached to an aromatic ring is 1. The van der Waals surface area contributed by atoms with Crippen molar-refractivity contribution in [3.63, 3.8) is 0 Å². The molecule has 1 saturated carbocycles. The van der Waals surface area contributed by atoms with Crippen molar-refractivity contribution in [1.82, 2.24) is 14.5 Å². The van der Waals surface area contributed by atoms with Crippen molar-refractivity contribution >= 4 is 16.9 Å². The molecule has 0 spiro atoms. The van der Waals surface area contributed by atoms with Crippen LogP contribution in [0.4, 0.5) is 5.82 Å². The van der Waals surface area contributed by atoms with Gasteiger partial charge in [-0.3, -0.25) is 0 Å². The molecule has 22 heavy (non-hydrogen) atoms. The molecule has 0 radical (unpaired) electrons. The molecule has 3 aromatic heterocycles. The molecular weight excluding hydrogens is 278 g/mol. The predicted octanol–water partition coefficient (Wildman–Crippen LogP) is 2.72. The summed E-state index contributed by atoms with van der Waals surface area (Å²) in [6, 6.07) is 2.67. The molecule has 0 aromatic carbocycles. The highest BCUT2D eigenvalue weighted by molar-refractivity contribution is 6.00. The molecule has 4 N–H and O–H groups in total. The van der Waals surface area contributed by atoms with Gasteiger partial charge in [-0.1, -0.05) is 0 Å². The molecule has 3 aromatic rings. The second-order valence-electron chi connectivity index (χ2n) is 5.99.